The van der Waals surface area contributed by atoms with Gasteiger partial charge in [-0.1, -0.05) is 12.8 Å². The molecule has 0 bridgehead atoms. The Morgan fingerprint density at radius 2 is 1.88 bits per heavy atom. The Morgan fingerprint density at radius 3 is 2.58 bits per heavy atom. The van der Waals surface area contributed by atoms with Crippen LogP contribution in [0.5, 0.6) is 0 Å². The van der Waals surface area contributed by atoms with Gasteiger partial charge in [-0.2, -0.15) is 4.31 Å². The summed E-state index contributed by atoms with van der Waals surface area (Å²) in [6, 6.07) is 2.35. The predicted octanol–water partition coefficient (Wildman–Crippen LogP) is 3.90. The van der Waals surface area contributed by atoms with Crippen LogP contribution in [0.15, 0.2) is 17.0 Å². The van der Waals surface area contributed by atoms with Crippen molar-refractivity contribution < 1.29 is 27.1 Å². The van der Waals surface area contributed by atoms with Crippen molar-refractivity contribution in [1.29, 1.82) is 0 Å². The first-order valence-corrected chi connectivity index (χ1v) is 13.4. The molecule has 10 heteroatoms. The molecule has 1 saturated heterocycles. The fourth-order valence-electron chi connectivity index (χ4n) is 4.73. The molecule has 1 aliphatic carbocycles. The molecule has 0 unspecified atom stereocenters. The van der Waals surface area contributed by atoms with Crippen LogP contribution in [-0.4, -0.2) is 59.9 Å². The average molecular weight is 488 g/mol. The molecule has 0 radical (unpaired) electrons. The van der Waals surface area contributed by atoms with Gasteiger partial charge in [-0.05, 0) is 70.5 Å². The molecule has 0 aromatic carbocycles. The Kier molecular flexibility index (Phi) is 8.80. The standard InChI is InChI=1S/C23H35F2N3O4S/c1-17-9-10-21(33(31,32)28-16-6-8-20(28)22(29)30)19(27-17)7-4-2-3-5-15-26-18-11-13-23(24,25)14-12-18/h9-10,18,20,26H,2-8,11-16H2,1H3,(H,29,30)/t20-/m0/s1. The molecule has 2 N–H and O–H groups in total. The van der Waals surface area contributed by atoms with Crippen molar-refractivity contribution in [2.45, 2.75) is 100 Å². The van der Waals surface area contributed by atoms with Gasteiger partial charge in [-0.3, -0.25) is 9.78 Å². The minimum atomic E-state index is -3.93. The fourth-order valence-corrected chi connectivity index (χ4v) is 6.57. The number of aliphatic carboxylic acids is 1. The maximum atomic E-state index is 13.2. The van der Waals surface area contributed by atoms with Crippen LogP contribution >= 0.6 is 0 Å². The number of hydrogen-bond acceptors (Lipinski definition) is 5. The number of carboxylic acids is 1. The van der Waals surface area contributed by atoms with Gasteiger partial charge < -0.3 is 10.4 Å². The van der Waals surface area contributed by atoms with E-state index in [0.29, 0.717) is 37.8 Å². The Morgan fingerprint density at radius 1 is 1.18 bits per heavy atom. The highest BCUT2D eigenvalue weighted by Gasteiger charge is 2.40. The molecular formula is C23H35F2N3O4S. The van der Waals surface area contributed by atoms with E-state index in [1.807, 2.05) is 6.92 Å². The third-order valence-corrected chi connectivity index (χ3v) is 8.62. The minimum absolute atomic E-state index is 0.0377. The van der Waals surface area contributed by atoms with Crippen LogP contribution in [0.3, 0.4) is 0 Å². The summed E-state index contributed by atoms with van der Waals surface area (Å²) in [4.78, 5) is 16.1. The second-order valence-electron chi connectivity index (χ2n) is 9.26. The number of nitrogens with one attached hydrogen (secondary N) is 1. The van der Waals surface area contributed by atoms with Crippen LogP contribution in [0.1, 0.15) is 75.6 Å². The number of aromatic nitrogens is 1. The van der Waals surface area contributed by atoms with Gasteiger partial charge >= 0.3 is 5.97 Å². The summed E-state index contributed by atoms with van der Waals surface area (Å²) in [5.74, 6) is -3.62. The van der Waals surface area contributed by atoms with Crippen molar-refractivity contribution in [2.75, 3.05) is 13.1 Å². The molecule has 33 heavy (non-hydrogen) atoms. The summed E-state index contributed by atoms with van der Waals surface area (Å²) in [7, 11) is -3.93. The number of sulfonamides is 1. The molecule has 3 rings (SSSR count). The predicted molar refractivity (Wildman–Crippen MR) is 121 cm³/mol. The third kappa shape index (κ3) is 6.93. The van der Waals surface area contributed by atoms with Gasteiger partial charge in [-0.15, -0.1) is 0 Å². The van der Waals surface area contributed by atoms with E-state index in [9.17, 15) is 27.1 Å². The zero-order valence-electron chi connectivity index (χ0n) is 19.2. The summed E-state index contributed by atoms with van der Waals surface area (Å²) < 4.78 is 54.0. The zero-order chi connectivity index (χ0) is 24.1. The number of rotatable bonds is 11. The molecule has 1 saturated carbocycles. The second kappa shape index (κ2) is 11.2. The van der Waals surface area contributed by atoms with Crippen molar-refractivity contribution in [1.82, 2.24) is 14.6 Å². The van der Waals surface area contributed by atoms with Crippen molar-refractivity contribution in [3.8, 4) is 0 Å². The monoisotopic (exact) mass is 487 g/mol. The van der Waals surface area contributed by atoms with E-state index in [2.05, 4.69) is 10.3 Å². The maximum absolute atomic E-state index is 13.2. The molecule has 2 heterocycles. The molecule has 1 aromatic heterocycles. The number of nitrogens with zero attached hydrogens (tertiary/aromatic N) is 2. The van der Waals surface area contributed by atoms with Gasteiger partial charge in [0.05, 0.1) is 5.69 Å². The van der Waals surface area contributed by atoms with E-state index in [1.54, 1.807) is 12.1 Å². The second-order valence-corrected chi connectivity index (χ2v) is 11.1. The number of pyridine rings is 1. The Bertz CT molecular complexity index is 916. The Labute approximate surface area is 195 Å². The van der Waals surface area contributed by atoms with Gasteiger partial charge in [0, 0.05) is 31.1 Å². The largest absolute Gasteiger partial charge is 0.480 e. The van der Waals surface area contributed by atoms with E-state index in [1.165, 1.54) is 0 Å². The smallest absolute Gasteiger partial charge is 0.322 e. The molecule has 1 atom stereocenters. The molecule has 0 spiro atoms. The quantitative estimate of drug-likeness (QED) is 0.459. The van der Waals surface area contributed by atoms with Crippen LogP contribution in [0.2, 0.25) is 0 Å². The number of carbonyl (C=O) groups is 1. The Hall–Kier alpha value is -1.65. The molecule has 1 aliphatic heterocycles. The van der Waals surface area contributed by atoms with E-state index < -0.39 is 28.0 Å². The number of unbranched alkanes of at least 4 members (excludes halogenated alkanes) is 3. The normalized spacial score (nSPS) is 22.0. The Balaban J connectivity index is 1.48. The SMILES string of the molecule is Cc1ccc(S(=O)(=O)N2CCC[C@H]2C(=O)O)c(CCCCCCNC2CCC(F)(F)CC2)n1. The lowest BCUT2D eigenvalue weighted by Crippen LogP contribution is -2.40. The maximum Gasteiger partial charge on any atom is 0.322 e. The molecular weight excluding hydrogens is 452 g/mol. The highest BCUT2D eigenvalue weighted by Crippen LogP contribution is 2.33. The lowest BCUT2D eigenvalue weighted by atomic mass is 9.92. The fraction of sp³-hybridized carbons (Fsp3) is 0.739. The molecule has 2 fully saturated rings. The van der Waals surface area contributed by atoms with Crippen molar-refractivity contribution >= 4 is 16.0 Å². The molecule has 0 amide bonds. The van der Waals surface area contributed by atoms with Gasteiger partial charge in [0.1, 0.15) is 10.9 Å². The number of hydrogen-bond donors (Lipinski definition) is 2. The first-order chi connectivity index (χ1) is 15.6. The van der Waals surface area contributed by atoms with Gasteiger partial charge in [0.15, 0.2) is 0 Å². The van der Waals surface area contributed by atoms with Crippen molar-refractivity contribution in [2.24, 2.45) is 0 Å². The van der Waals surface area contributed by atoms with Crippen LogP contribution < -0.4 is 5.32 Å². The van der Waals surface area contributed by atoms with Crippen LogP contribution in [0, 0.1) is 6.92 Å². The lowest BCUT2D eigenvalue weighted by molar-refractivity contribution is -0.140. The summed E-state index contributed by atoms with van der Waals surface area (Å²) >= 11 is 0. The first-order valence-electron chi connectivity index (χ1n) is 11.9. The first kappa shape index (κ1) is 26.0. The summed E-state index contributed by atoms with van der Waals surface area (Å²) in [6.45, 7) is 2.81. The number of aryl methyl sites for hydroxylation is 2. The average Bonchev–Trinajstić information content (AvgIpc) is 3.25. The third-order valence-electron chi connectivity index (χ3n) is 6.64. The number of alkyl halides is 2. The van der Waals surface area contributed by atoms with E-state index >= 15 is 0 Å². The summed E-state index contributed by atoms with van der Waals surface area (Å²) in [6.07, 6.45) is 5.89. The topological polar surface area (TPSA) is 99.6 Å². The minimum Gasteiger partial charge on any atom is -0.480 e. The van der Waals surface area contributed by atoms with E-state index in [-0.39, 0.29) is 30.3 Å². The number of halogens is 2. The van der Waals surface area contributed by atoms with Gasteiger partial charge in [-0.25, -0.2) is 17.2 Å². The van der Waals surface area contributed by atoms with Crippen LogP contribution in [-0.2, 0) is 21.2 Å². The molecule has 186 valence electrons. The highest BCUT2D eigenvalue weighted by atomic mass is 32.2. The van der Waals surface area contributed by atoms with Crippen LogP contribution in [0.25, 0.3) is 0 Å². The van der Waals surface area contributed by atoms with Crippen molar-refractivity contribution in [3.05, 3.63) is 23.5 Å². The highest BCUT2D eigenvalue weighted by molar-refractivity contribution is 7.89. The summed E-state index contributed by atoms with van der Waals surface area (Å²) in [5.41, 5.74) is 1.22. The van der Waals surface area contributed by atoms with Gasteiger partial charge in [0.2, 0.25) is 15.9 Å². The van der Waals surface area contributed by atoms with Gasteiger partial charge in [0.25, 0.3) is 0 Å². The van der Waals surface area contributed by atoms with E-state index in [0.717, 1.165) is 42.2 Å². The molecule has 2 aliphatic rings. The van der Waals surface area contributed by atoms with E-state index in [4.69, 9.17) is 0 Å². The summed E-state index contributed by atoms with van der Waals surface area (Å²) in [5, 5.41) is 12.8. The lowest BCUT2D eigenvalue weighted by Gasteiger charge is -2.28. The zero-order valence-corrected chi connectivity index (χ0v) is 20.0. The number of carboxylic acid groups (broad SMARTS) is 1. The van der Waals surface area contributed by atoms with Crippen molar-refractivity contribution in [3.63, 3.8) is 0 Å². The molecule has 7 nitrogen and oxygen atoms in total. The van der Waals surface area contributed by atoms with Crippen LogP contribution in [0.4, 0.5) is 8.78 Å². The molecule has 1 aromatic rings.